The summed E-state index contributed by atoms with van der Waals surface area (Å²) in [6.45, 7) is 12.7. The molecule has 29 heavy (non-hydrogen) atoms. The van der Waals surface area contributed by atoms with Crippen molar-refractivity contribution >= 4 is 35.8 Å². The highest BCUT2D eigenvalue weighted by Gasteiger charge is 2.22. The van der Waals surface area contributed by atoms with Gasteiger partial charge in [0, 0.05) is 58.1 Å². The number of nitrogens with one attached hydrogen (secondary N) is 2. The first-order valence-electron chi connectivity index (χ1n) is 10.5. The second-order valence-corrected chi connectivity index (χ2v) is 7.89. The molecule has 0 amide bonds. The van der Waals surface area contributed by atoms with Crippen LogP contribution in [0.4, 0.5) is 5.82 Å². The molecule has 1 atom stereocenters. The van der Waals surface area contributed by atoms with E-state index in [9.17, 15) is 0 Å². The van der Waals surface area contributed by atoms with Gasteiger partial charge in [-0.05, 0) is 25.3 Å². The van der Waals surface area contributed by atoms with Crippen LogP contribution in [0.5, 0.6) is 0 Å². The first-order valence-corrected chi connectivity index (χ1v) is 10.5. The minimum absolute atomic E-state index is 0. The Morgan fingerprint density at radius 3 is 2.62 bits per heavy atom. The summed E-state index contributed by atoms with van der Waals surface area (Å²) in [5, 5.41) is 6.94. The van der Waals surface area contributed by atoms with E-state index in [0.717, 1.165) is 56.7 Å². The highest BCUT2D eigenvalue weighted by molar-refractivity contribution is 14.0. The van der Waals surface area contributed by atoms with E-state index in [4.69, 9.17) is 9.73 Å². The number of guanidine groups is 1. The Labute approximate surface area is 193 Å². The summed E-state index contributed by atoms with van der Waals surface area (Å²) in [5.41, 5.74) is 1.12. The molecule has 8 heteroatoms. The van der Waals surface area contributed by atoms with Crippen LogP contribution in [-0.2, 0) is 11.3 Å². The molecule has 0 radical (unpaired) electrons. The van der Waals surface area contributed by atoms with Crippen molar-refractivity contribution in [3.05, 3.63) is 23.9 Å². The quantitative estimate of drug-likeness (QED) is 0.298. The van der Waals surface area contributed by atoms with Crippen LogP contribution < -0.4 is 15.5 Å². The molecule has 1 unspecified atom stereocenters. The first-order chi connectivity index (χ1) is 13.5. The summed E-state index contributed by atoms with van der Waals surface area (Å²) in [6.07, 6.45) is 2.99. The smallest absolute Gasteiger partial charge is 0.191 e. The molecule has 1 aromatic rings. The van der Waals surface area contributed by atoms with Crippen molar-refractivity contribution in [2.45, 2.75) is 39.8 Å². The Morgan fingerprint density at radius 2 is 2.00 bits per heavy atom. The molecule has 0 bridgehead atoms. The van der Waals surface area contributed by atoms with Gasteiger partial charge in [0.2, 0.25) is 0 Å². The molecule has 7 nitrogen and oxygen atoms in total. The van der Waals surface area contributed by atoms with Crippen LogP contribution in [0.1, 0.15) is 32.8 Å². The highest BCUT2D eigenvalue weighted by Crippen LogP contribution is 2.15. The van der Waals surface area contributed by atoms with E-state index < -0.39 is 0 Å². The molecule has 1 saturated heterocycles. The molecule has 0 aromatic carbocycles. The lowest BCUT2D eigenvalue weighted by Gasteiger charge is -2.35. The van der Waals surface area contributed by atoms with Crippen molar-refractivity contribution in [3.8, 4) is 0 Å². The van der Waals surface area contributed by atoms with Crippen LogP contribution in [0.3, 0.4) is 0 Å². The molecule has 1 aliphatic heterocycles. The Hall–Kier alpha value is -1.13. The minimum atomic E-state index is 0. The van der Waals surface area contributed by atoms with Gasteiger partial charge in [-0.25, -0.2) is 9.98 Å². The predicted octanol–water partition coefficient (Wildman–Crippen LogP) is 2.57. The second-order valence-electron chi connectivity index (χ2n) is 7.89. The molecular weight excluding hydrogens is 479 g/mol. The van der Waals surface area contributed by atoms with Crippen molar-refractivity contribution in [1.29, 1.82) is 0 Å². The molecule has 0 spiro atoms. The molecule has 166 valence electrons. The van der Waals surface area contributed by atoms with Crippen LogP contribution >= 0.6 is 24.0 Å². The highest BCUT2D eigenvalue weighted by atomic mass is 127. The maximum Gasteiger partial charge on any atom is 0.191 e. The monoisotopic (exact) mass is 518 g/mol. The third-order valence-corrected chi connectivity index (χ3v) is 4.85. The van der Waals surface area contributed by atoms with Gasteiger partial charge in [0.15, 0.2) is 5.96 Å². The van der Waals surface area contributed by atoms with Gasteiger partial charge in [-0.2, -0.15) is 0 Å². The van der Waals surface area contributed by atoms with Gasteiger partial charge in [-0.15, -0.1) is 24.0 Å². The molecule has 0 saturated carbocycles. The average Bonchev–Trinajstić information content (AvgIpc) is 2.69. The SMILES string of the molecule is CCNC(=NCc1cccnc1N(C)C)NCC(CC(C)C)N1CCOCC1.I. The van der Waals surface area contributed by atoms with E-state index in [1.54, 1.807) is 0 Å². The number of morpholine rings is 1. The maximum atomic E-state index is 5.53. The largest absolute Gasteiger partial charge is 0.379 e. The normalized spacial score (nSPS) is 16.3. The number of aromatic nitrogens is 1. The molecule has 1 aliphatic rings. The van der Waals surface area contributed by atoms with E-state index in [1.165, 1.54) is 6.42 Å². The van der Waals surface area contributed by atoms with Crippen LogP contribution in [-0.4, -0.2) is 75.4 Å². The molecule has 2 N–H and O–H groups in total. The Kier molecular flexibility index (Phi) is 12.5. The summed E-state index contributed by atoms with van der Waals surface area (Å²) in [7, 11) is 4.02. The summed E-state index contributed by atoms with van der Waals surface area (Å²) < 4.78 is 5.53. The number of ether oxygens (including phenoxy) is 1. The topological polar surface area (TPSA) is 65.0 Å². The molecule has 0 aliphatic carbocycles. The predicted molar refractivity (Wildman–Crippen MR) is 132 cm³/mol. The lowest BCUT2D eigenvalue weighted by Crippen LogP contribution is -2.51. The van der Waals surface area contributed by atoms with Gasteiger partial charge in [0.1, 0.15) is 5.82 Å². The molecule has 1 aromatic heterocycles. The number of rotatable bonds is 9. The van der Waals surface area contributed by atoms with Gasteiger partial charge in [0.05, 0.1) is 19.8 Å². The summed E-state index contributed by atoms with van der Waals surface area (Å²) in [4.78, 5) is 13.9. The van der Waals surface area contributed by atoms with Gasteiger partial charge in [-0.3, -0.25) is 4.90 Å². The average molecular weight is 518 g/mol. The molecule has 1 fully saturated rings. The number of pyridine rings is 1. The van der Waals surface area contributed by atoms with E-state index in [1.807, 2.05) is 31.3 Å². The zero-order chi connectivity index (χ0) is 20.4. The minimum Gasteiger partial charge on any atom is -0.379 e. The summed E-state index contributed by atoms with van der Waals surface area (Å²) >= 11 is 0. The van der Waals surface area contributed by atoms with Crippen LogP contribution in [0, 0.1) is 5.92 Å². The number of aliphatic imine (C=N–C) groups is 1. The first kappa shape index (κ1) is 25.9. The van der Waals surface area contributed by atoms with Gasteiger partial charge in [-0.1, -0.05) is 19.9 Å². The fourth-order valence-corrected chi connectivity index (χ4v) is 3.53. The third-order valence-electron chi connectivity index (χ3n) is 4.85. The fourth-order valence-electron chi connectivity index (χ4n) is 3.53. The maximum absolute atomic E-state index is 5.53. The fraction of sp³-hybridized carbons (Fsp3) is 0.714. The zero-order valence-corrected chi connectivity index (χ0v) is 21.0. The van der Waals surface area contributed by atoms with E-state index >= 15 is 0 Å². The van der Waals surface area contributed by atoms with Crippen molar-refractivity contribution in [3.63, 3.8) is 0 Å². The van der Waals surface area contributed by atoms with Gasteiger partial charge < -0.3 is 20.3 Å². The van der Waals surface area contributed by atoms with Crippen LogP contribution in [0.2, 0.25) is 0 Å². The van der Waals surface area contributed by atoms with Gasteiger partial charge >= 0.3 is 0 Å². The van der Waals surface area contributed by atoms with Crippen molar-refractivity contribution in [2.75, 3.05) is 58.4 Å². The summed E-state index contributed by atoms with van der Waals surface area (Å²) in [5.74, 6) is 2.48. The molecule has 2 heterocycles. The van der Waals surface area contributed by atoms with Crippen LogP contribution in [0.15, 0.2) is 23.3 Å². The number of nitrogens with zero attached hydrogens (tertiary/aromatic N) is 4. The van der Waals surface area contributed by atoms with E-state index in [0.29, 0.717) is 18.5 Å². The lowest BCUT2D eigenvalue weighted by atomic mass is 10.0. The summed E-state index contributed by atoms with van der Waals surface area (Å²) in [6, 6.07) is 4.54. The number of hydrogen-bond acceptors (Lipinski definition) is 5. The number of halogens is 1. The molecule has 2 rings (SSSR count). The van der Waals surface area contributed by atoms with E-state index in [-0.39, 0.29) is 24.0 Å². The number of hydrogen-bond donors (Lipinski definition) is 2. The lowest BCUT2D eigenvalue weighted by molar-refractivity contribution is 0.0132. The second kappa shape index (κ2) is 14.0. The number of anilines is 1. The zero-order valence-electron chi connectivity index (χ0n) is 18.6. The van der Waals surface area contributed by atoms with E-state index in [2.05, 4.69) is 47.4 Å². The third kappa shape index (κ3) is 9.04. The van der Waals surface area contributed by atoms with Crippen molar-refractivity contribution < 1.29 is 4.74 Å². The Morgan fingerprint density at radius 1 is 1.28 bits per heavy atom. The van der Waals surface area contributed by atoms with Crippen LogP contribution in [0.25, 0.3) is 0 Å². The van der Waals surface area contributed by atoms with Gasteiger partial charge in [0.25, 0.3) is 0 Å². The molecular formula is C21H39IN6O. The standard InChI is InChI=1S/C21H38N6O.HI/c1-6-22-21(24-15-18-8-7-9-23-20(18)26(4)5)25-16-19(14-17(2)3)27-10-12-28-13-11-27;/h7-9,17,19H,6,10-16H2,1-5H3,(H2,22,24,25);1H. The van der Waals surface area contributed by atoms with Crippen molar-refractivity contribution in [2.24, 2.45) is 10.9 Å². The van der Waals surface area contributed by atoms with Crippen molar-refractivity contribution in [1.82, 2.24) is 20.5 Å². The Balaban J connectivity index is 0.00000420. The Bertz CT molecular complexity index is 605.